The molecule has 2 nitrogen and oxygen atoms in total. The molecule has 0 bridgehead atoms. The smallest absolute Gasteiger partial charge is 0.417 e. The summed E-state index contributed by atoms with van der Waals surface area (Å²) in [4.78, 5) is 11.5. The minimum Gasteiger partial charge on any atom is -0.465 e. The van der Waals surface area contributed by atoms with Gasteiger partial charge in [-0.1, -0.05) is 35.9 Å². The van der Waals surface area contributed by atoms with Crippen molar-refractivity contribution in [3.8, 4) is 11.1 Å². The second-order valence-electron chi connectivity index (χ2n) is 4.62. The Morgan fingerprint density at radius 1 is 1.00 bits per heavy atom. The summed E-state index contributed by atoms with van der Waals surface area (Å²) in [7, 11) is 1.05. The van der Waals surface area contributed by atoms with Crippen molar-refractivity contribution in [1.29, 1.82) is 0 Å². The Labute approximate surface area is 120 Å². The second kappa shape index (κ2) is 5.60. The van der Waals surface area contributed by atoms with Crippen LogP contribution >= 0.6 is 0 Å². The van der Waals surface area contributed by atoms with Gasteiger partial charge in [0, 0.05) is 0 Å². The van der Waals surface area contributed by atoms with Crippen LogP contribution in [0.15, 0.2) is 42.5 Å². The highest BCUT2D eigenvalue weighted by Crippen LogP contribution is 2.35. The molecule has 2 rings (SSSR count). The predicted molar refractivity (Wildman–Crippen MR) is 73.0 cm³/mol. The minimum atomic E-state index is -4.62. The van der Waals surface area contributed by atoms with Crippen molar-refractivity contribution in [2.45, 2.75) is 13.1 Å². The molecule has 0 heterocycles. The molecule has 5 heteroatoms. The first kappa shape index (κ1) is 15.1. The standard InChI is InChI=1S/C16H13F3O2/c1-10-3-5-11(6-4-10)12-7-8-13(15(20)21-2)14(9-12)16(17,18)19/h3-9H,1-2H3. The lowest BCUT2D eigenvalue weighted by Gasteiger charge is -2.13. The van der Waals surface area contributed by atoms with Gasteiger partial charge in [-0.2, -0.15) is 13.2 Å². The molecule has 0 unspecified atom stereocenters. The fraction of sp³-hybridized carbons (Fsp3) is 0.188. The van der Waals surface area contributed by atoms with E-state index in [4.69, 9.17) is 0 Å². The van der Waals surface area contributed by atoms with Crippen molar-refractivity contribution in [2.75, 3.05) is 7.11 Å². The molecular formula is C16H13F3O2. The molecule has 21 heavy (non-hydrogen) atoms. The minimum absolute atomic E-state index is 0.398. The molecule has 0 saturated carbocycles. The summed E-state index contributed by atoms with van der Waals surface area (Å²) in [6.07, 6.45) is -4.62. The van der Waals surface area contributed by atoms with Gasteiger partial charge < -0.3 is 4.74 Å². The van der Waals surface area contributed by atoms with E-state index in [2.05, 4.69) is 4.74 Å². The maximum absolute atomic E-state index is 13.1. The Balaban J connectivity index is 2.56. The van der Waals surface area contributed by atoms with Crippen molar-refractivity contribution in [3.63, 3.8) is 0 Å². The van der Waals surface area contributed by atoms with E-state index in [1.807, 2.05) is 19.1 Å². The number of halogens is 3. The number of alkyl halides is 3. The van der Waals surface area contributed by atoms with Gasteiger partial charge in [0.05, 0.1) is 18.2 Å². The summed E-state index contributed by atoms with van der Waals surface area (Å²) in [5, 5.41) is 0. The molecule has 0 N–H and O–H groups in total. The van der Waals surface area contributed by atoms with Crippen LogP contribution in [0.2, 0.25) is 0 Å². The Morgan fingerprint density at radius 2 is 1.57 bits per heavy atom. The van der Waals surface area contributed by atoms with E-state index in [0.29, 0.717) is 11.1 Å². The van der Waals surface area contributed by atoms with Gasteiger partial charge in [0.25, 0.3) is 0 Å². The Hall–Kier alpha value is -2.30. The first-order valence-corrected chi connectivity index (χ1v) is 6.19. The number of rotatable bonds is 2. The third-order valence-electron chi connectivity index (χ3n) is 3.12. The van der Waals surface area contributed by atoms with Crippen LogP contribution in [-0.2, 0) is 10.9 Å². The molecule has 110 valence electrons. The number of hydrogen-bond donors (Lipinski definition) is 0. The second-order valence-corrected chi connectivity index (χ2v) is 4.62. The van der Waals surface area contributed by atoms with E-state index in [1.165, 1.54) is 6.07 Å². The van der Waals surface area contributed by atoms with E-state index in [9.17, 15) is 18.0 Å². The lowest BCUT2D eigenvalue weighted by atomic mass is 9.98. The zero-order valence-electron chi connectivity index (χ0n) is 11.5. The number of aryl methyl sites for hydroxylation is 1. The predicted octanol–water partition coefficient (Wildman–Crippen LogP) is 4.47. The summed E-state index contributed by atoms with van der Waals surface area (Å²) < 4.78 is 43.7. The highest BCUT2D eigenvalue weighted by Gasteiger charge is 2.35. The van der Waals surface area contributed by atoms with Gasteiger partial charge in [-0.05, 0) is 30.2 Å². The Bertz CT molecular complexity index is 658. The molecule has 0 fully saturated rings. The SMILES string of the molecule is COC(=O)c1ccc(-c2ccc(C)cc2)cc1C(F)(F)F. The summed E-state index contributed by atoms with van der Waals surface area (Å²) in [5.74, 6) is -1.00. The van der Waals surface area contributed by atoms with Gasteiger partial charge in [0.1, 0.15) is 0 Å². The quantitative estimate of drug-likeness (QED) is 0.764. The zero-order valence-corrected chi connectivity index (χ0v) is 11.5. The van der Waals surface area contributed by atoms with Gasteiger partial charge in [-0.3, -0.25) is 0 Å². The van der Waals surface area contributed by atoms with Crippen LogP contribution in [0.25, 0.3) is 11.1 Å². The molecule has 0 aromatic heterocycles. The molecule has 0 spiro atoms. The van der Waals surface area contributed by atoms with E-state index in [0.717, 1.165) is 24.8 Å². The van der Waals surface area contributed by atoms with Gasteiger partial charge >= 0.3 is 12.1 Å². The van der Waals surface area contributed by atoms with Crippen LogP contribution in [0.1, 0.15) is 21.5 Å². The third-order valence-corrected chi connectivity index (χ3v) is 3.12. The molecule has 2 aromatic carbocycles. The fourth-order valence-electron chi connectivity index (χ4n) is 1.99. The van der Waals surface area contributed by atoms with Crippen LogP contribution in [0, 0.1) is 6.92 Å². The number of carbonyl (C=O) groups excluding carboxylic acids is 1. The van der Waals surface area contributed by atoms with Gasteiger partial charge in [-0.15, -0.1) is 0 Å². The van der Waals surface area contributed by atoms with Crippen molar-refractivity contribution in [2.24, 2.45) is 0 Å². The number of carbonyl (C=O) groups is 1. The largest absolute Gasteiger partial charge is 0.465 e. The summed E-state index contributed by atoms with van der Waals surface area (Å²) in [6.45, 7) is 1.89. The average molecular weight is 294 g/mol. The highest BCUT2D eigenvalue weighted by molar-refractivity contribution is 5.92. The highest BCUT2D eigenvalue weighted by atomic mass is 19.4. The van der Waals surface area contributed by atoms with Gasteiger partial charge in [0.2, 0.25) is 0 Å². The molecule has 2 aromatic rings. The van der Waals surface area contributed by atoms with E-state index >= 15 is 0 Å². The van der Waals surface area contributed by atoms with Crippen molar-refractivity contribution < 1.29 is 22.7 Å². The van der Waals surface area contributed by atoms with Gasteiger partial charge in [0.15, 0.2) is 0 Å². The average Bonchev–Trinajstić information content (AvgIpc) is 2.46. The van der Waals surface area contributed by atoms with E-state index in [-0.39, 0.29) is 0 Å². The van der Waals surface area contributed by atoms with Crippen LogP contribution < -0.4 is 0 Å². The first-order valence-electron chi connectivity index (χ1n) is 6.19. The van der Waals surface area contributed by atoms with E-state index < -0.39 is 23.3 Å². The van der Waals surface area contributed by atoms with Crippen molar-refractivity contribution in [3.05, 3.63) is 59.2 Å². The molecule has 0 atom stereocenters. The molecule has 0 amide bonds. The Kier molecular flexibility index (Phi) is 4.02. The van der Waals surface area contributed by atoms with Crippen LogP contribution in [0.4, 0.5) is 13.2 Å². The third kappa shape index (κ3) is 3.24. The maximum atomic E-state index is 13.1. The summed E-state index contributed by atoms with van der Waals surface area (Å²) >= 11 is 0. The number of esters is 1. The molecule has 0 aliphatic heterocycles. The number of hydrogen-bond acceptors (Lipinski definition) is 2. The molecule has 0 aliphatic rings. The lowest BCUT2D eigenvalue weighted by Crippen LogP contribution is -2.14. The Morgan fingerprint density at radius 3 is 2.10 bits per heavy atom. The van der Waals surface area contributed by atoms with Crippen LogP contribution in [0.5, 0.6) is 0 Å². The number of methoxy groups -OCH3 is 1. The summed E-state index contributed by atoms with van der Waals surface area (Å²) in [6, 6.07) is 10.7. The van der Waals surface area contributed by atoms with Gasteiger partial charge in [-0.25, -0.2) is 4.79 Å². The molecule has 0 aliphatic carbocycles. The molecule has 0 radical (unpaired) electrons. The molecule has 0 saturated heterocycles. The van der Waals surface area contributed by atoms with Crippen molar-refractivity contribution in [1.82, 2.24) is 0 Å². The normalized spacial score (nSPS) is 11.3. The summed E-state index contributed by atoms with van der Waals surface area (Å²) in [5.41, 5.74) is 0.590. The van der Waals surface area contributed by atoms with Crippen LogP contribution in [-0.4, -0.2) is 13.1 Å². The fourth-order valence-corrected chi connectivity index (χ4v) is 1.99. The first-order chi connectivity index (χ1) is 9.82. The monoisotopic (exact) mass is 294 g/mol. The lowest BCUT2D eigenvalue weighted by molar-refractivity contribution is -0.138. The van der Waals surface area contributed by atoms with E-state index in [1.54, 1.807) is 12.1 Å². The van der Waals surface area contributed by atoms with Crippen molar-refractivity contribution >= 4 is 5.97 Å². The van der Waals surface area contributed by atoms with Crippen LogP contribution in [0.3, 0.4) is 0 Å². The maximum Gasteiger partial charge on any atom is 0.417 e. The topological polar surface area (TPSA) is 26.3 Å². The number of ether oxygens (including phenoxy) is 1. The zero-order chi connectivity index (χ0) is 15.6. The molecular weight excluding hydrogens is 281 g/mol. The number of benzene rings is 2.